The summed E-state index contributed by atoms with van der Waals surface area (Å²) >= 11 is 2.06. The zero-order valence-electron chi connectivity index (χ0n) is 42.7. The highest BCUT2D eigenvalue weighted by molar-refractivity contribution is 7.99. The molecule has 19 heteroatoms. The summed E-state index contributed by atoms with van der Waals surface area (Å²) in [7, 11) is -4.05. The van der Waals surface area contributed by atoms with E-state index < -0.39 is 23.9 Å². The molecule has 0 spiro atoms. The Hall–Kier alpha value is -5.50. The average Bonchev–Trinajstić information content (AvgIpc) is 3.76. The van der Waals surface area contributed by atoms with Gasteiger partial charge in [-0.15, -0.1) is 0 Å². The van der Waals surface area contributed by atoms with Crippen LogP contribution in [0.2, 0.25) is 25.7 Å². The first-order chi connectivity index (χ1) is 34.9. The molecule has 2 aromatic carbocycles. The number of hydrogen-bond acceptors (Lipinski definition) is 11. The number of amides is 1. The molecule has 4 aliphatic carbocycles. The number of fused-ring (bicyclic) bond motifs is 6. The van der Waals surface area contributed by atoms with Crippen molar-refractivity contribution in [1.82, 2.24) is 39.5 Å². The smallest absolute Gasteiger partial charge is 0.356 e. The molecule has 6 aromatic rings. The Bertz CT molecular complexity index is 3040. The molecule has 1 amide bonds. The third kappa shape index (κ3) is 11.2. The third-order valence-electron chi connectivity index (χ3n) is 16.3. The molecule has 2 saturated heterocycles. The second-order valence-electron chi connectivity index (χ2n) is 23.1. The van der Waals surface area contributed by atoms with E-state index in [0.29, 0.717) is 60.2 Å². The number of nitrogen functional groups attached to an aromatic ring is 1. The number of aromatic amines is 1. The SMILES string of the molecule is CC12Cc3c(C(=O)Nc4cnn(C(c5ccccc5)C5CCS(=O)(=O)CC5)c4)n[nH]c3C1C2.CC12Cc3c(C(=O)O)nn(COCC[Si](C)(C)C)c3C1C2.Nc1cnn(C(c2ccccc2)C2CCSCC2)c1. The number of nitrogens with one attached hydrogen (secondary N) is 2. The van der Waals surface area contributed by atoms with Crippen LogP contribution in [0.25, 0.3) is 0 Å². The van der Waals surface area contributed by atoms with E-state index in [4.69, 9.17) is 10.5 Å². The molecule has 2 saturated carbocycles. The summed E-state index contributed by atoms with van der Waals surface area (Å²) in [5.41, 5.74) is 15.1. The lowest BCUT2D eigenvalue weighted by atomic mass is 9.88. The van der Waals surface area contributed by atoms with E-state index in [9.17, 15) is 23.1 Å². The van der Waals surface area contributed by atoms with E-state index in [0.717, 1.165) is 65.7 Å². The molecular weight excluding hydrogens is 977 g/mol. The van der Waals surface area contributed by atoms with Crippen molar-refractivity contribution in [1.29, 1.82) is 0 Å². The van der Waals surface area contributed by atoms with Gasteiger partial charge in [-0.3, -0.25) is 19.3 Å². The molecule has 6 heterocycles. The van der Waals surface area contributed by atoms with E-state index in [1.807, 2.05) is 52.1 Å². The van der Waals surface area contributed by atoms with E-state index in [1.54, 1.807) is 17.1 Å². The molecule has 5 N–H and O–H groups in total. The minimum absolute atomic E-state index is 0.0888. The number of carboxylic acid groups (broad SMARTS) is 1. The standard InChI is InChI=1S/C24H27N5O3S.C15H19N3S.C15H24N2O3Si/c1-24-11-18-20(19(24)12-24)27-28-21(18)23(30)26-17-13-25-29(14-17)22(15-5-3-2-4-6-15)16-7-9-33(31,32)10-8-16;16-14-10-17-18(11-14)15(12-4-2-1-3-5-12)13-6-8-19-9-7-13;1-15-7-10-12(14(18)19)16-17(13(10)11(15)8-15)9-20-5-6-21(2,3)4/h2-6,13-14,16,19,22H,7-12H2,1H3,(H,26,30)(H,27,28);1-5,10-11,13,15H,6-9,16H2;11H,5-9H2,1-4H3,(H,18,19). The summed E-state index contributed by atoms with van der Waals surface area (Å²) in [5.74, 6) is 3.57. The first kappa shape index (κ1) is 51.0. The number of H-pyrrole nitrogens is 1. The molecule has 388 valence electrons. The van der Waals surface area contributed by atoms with E-state index in [-0.39, 0.29) is 40.5 Å². The maximum atomic E-state index is 13.0. The van der Waals surface area contributed by atoms with Gasteiger partial charge in [0.15, 0.2) is 11.4 Å². The van der Waals surface area contributed by atoms with Crippen molar-refractivity contribution in [2.24, 2.45) is 22.7 Å². The van der Waals surface area contributed by atoms with Gasteiger partial charge in [0.05, 0.1) is 47.4 Å². The fourth-order valence-corrected chi connectivity index (χ4v) is 15.3. The van der Waals surface area contributed by atoms with Gasteiger partial charge in [0.1, 0.15) is 16.6 Å². The summed E-state index contributed by atoms with van der Waals surface area (Å²) < 4.78 is 35.4. The van der Waals surface area contributed by atoms with Crippen LogP contribution >= 0.6 is 11.8 Å². The van der Waals surface area contributed by atoms with E-state index in [1.165, 1.54) is 36.3 Å². The lowest BCUT2D eigenvalue weighted by Crippen LogP contribution is -2.30. The Labute approximate surface area is 433 Å². The van der Waals surface area contributed by atoms with Gasteiger partial charge in [0, 0.05) is 61.4 Å². The summed E-state index contributed by atoms with van der Waals surface area (Å²) in [6.07, 6.45) is 15.0. The van der Waals surface area contributed by atoms with Crippen molar-refractivity contribution in [2.45, 2.75) is 122 Å². The number of aromatic nitrogens is 8. The molecule has 4 fully saturated rings. The maximum absolute atomic E-state index is 13.0. The molecule has 73 heavy (non-hydrogen) atoms. The minimum Gasteiger partial charge on any atom is -0.476 e. The molecule has 6 unspecified atom stereocenters. The highest BCUT2D eigenvalue weighted by Crippen LogP contribution is 2.67. The van der Waals surface area contributed by atoms with Crippen LogP contribution in [0.4, 0.5) is 11.4 Å². The van der Waals surface area contributed by atoms with Crippen LogP contribution in [0.1, 0.15) is 131 Å². The van der Waals surface area contributed by atoms with Gasteiger partial charge in [-0.2, -0.15) is 32.2 Å². The van der Waals surface area contributed by atoms with E-state index in [2.05, 4.69) is 106 Å². The molecule has 12 rings (SSSR count). The molecule has 4 aromatic heterocycles. The van der Waals surface area contributed by atoms with Gasteiger partial charge in [-0.05, 0) is 103 Å². The highest BCUT2D eigenvalue weighted by Gasteiger charge is 2.60. The number of anilines is 2. The van der Waals surface area contributed by atoms with Gasteiger partial charge in [0.2, 0.25) is 0 Å². The summed E-state index contributed by atoms with van der Waals surface area (Å²) in [4.78, 5) is 24.3. The van der Waals surface area contributed by atoms with Gasteiger partial charge in [-0.25, -0.2) is 17.9 Å². The number of ether oxygens (including phenoxy) is 1. The Morgan fingerprint density at radius 2 is 1.44 bits per heavy atom. The zero-order valence-corrected chi connectivity index (χ0v) is 45.3. The van der Waals surface area contributed by atoms with Crippen molar-refractivity contribution in [3.8, 4) is 0 Å². The first-order valence-corrected chi connectivity index (χ1v) is 32.6. The van der Waals surface area contributed by atoms with Crippen LogP contribution in [0.3, 0.4) is 0 Å². The van der Waals surface area contributed by atoms with Crippen LogP contribution < -0.4 is 11.1 Å². The Morgan fingerprint density at radius 3 is 2.05 bits per heavy atom. The first-order valence-electron chi connectivity index (χ1n) is 25.9. The third-order valence-corrected chi connectivity index (χ3v) is 20.7. The minimum atomic E-state index is -2.96. The molecule has 16 nitrogen and oxygen atoms in total. The number of benzene rings is 2. The van der Waals surface area contributed by atoms with Crippen molar-refractivity contribution in [3.63, 3.8) is 0 Å². The van der Waals surface area contributed by atoms with Crippen molar-refractivity contribution >= 4 is 52.9 Å². The van der Waals surface area contributed by atoms with Crippen molar-refractivity contribution in [3.05, 3.63) is 130 Å². The Kier molecular flexibility index (Phi) is 14.2. The number of thioether (sulfide) groups is 1. The van der Waals surface area contributed by atoms with Gasteiger partial charge in [-0.1, -0.05) is 94.2 Å². The van der Waals surface area contributed by atoms with Crippen LogP contribution in [0.15, 0.2) is 85.5 Å². The molecule has 6 aliphatic rings. The summed E-state index contributed by atoms with van der Waals surface area (Å²) in [5, 5.41) is 32.9. The fraction of sp³-hybridized carbons (Fsp3) is 0.519. The van der Waals surface area contributed by atoms with Crippen molar-refractivity contribution in [2.75, 3.05) is 40.7 Å². The second kappa shape index (κ2) is 20.3. The predicted molar refractivity (Wildman–Crippen MR) is 288 cm³/mol. The number of carbonyl (C=O) groups is 2. The van der Waals surface area contributed by atoms with Gasteiger partial charge in [0.25, 0.3) is 5.91 Å². The topological polar surface area (TPSA) is 218 Å². The fourth-order valence-electron chi connectivity index (χ4n) is 11.9. The lowest BCUT2D eigenvalue weighted by molar-refractivity contribution is 0.0666. The normalized spacial score (nSPS) is 24.3. The number of nitrogens with two attached hydrogens (primary N) is 1. The molecule has 0 radical (unpaired) electrons. The molecule has 0 bridgehead atoms. The summed E-state index contributed by atoms with van der Waals surface area (Å²) in [6.45, 7) is 12.6. The lowest BCUT2D eigenvalue weighted by Gasteiger charge is -2.30. The monoisotopic (exact) mass is 1050 g/mol. The largest absolute Gasteiger partial charge is 0.476 e. The maximum Gasteiger partial charge on any atom is 0.356 e. The Morgan fingerprint density at radius 1 is 0.849 bits per heavy atom. The Balaban J connectivity index is 0.000000133. The zero-order chi connectivity index (χ0) is 51.3. The van der Waals surface area contributed by atoms with Crippen LogP contribution in [-0.4, -0.2) is 103 Å². The van der Waals surface area contributed by atoms with Crippen molar-refractivity contribution < 1.29 is 27.9 Å². The van der Waals surface area contributed by atoms with E-state index >= 15 is 0 Å². The number of sulfone groups is 1. The van der Waals surface area contributed by atoms with Crippen LogP contribution in [0.5, 0.6) is 0 Å². The predicted octanol–water partition coefficient (Wildman–Crippen LogP) is 9.46. The summed E-state index contributed by atoms with van der Waals surface area (Å²) in [6, 6.07) is 22.0. The number of carboxylic acids is 1. The van der Waals surface area contributed by atoms with Crippen LogP contribution in [0, 0.1) is 22.7 Å². The number of carbonyl (C=O) groups excluding carboxylic acids is 1. The number of rotatable bonds is 14. The van der Waals surface area contributed by atoms with Gasteiger partial charge >= 0.3 is 5.97 Å². The highest BCUT2D eigenvalue weighted by atomic mass is 32.2. The number of hydrogen-bond donors (Lipinski definition) is 4. The molecule has 2 aliphatic heterocycles. The average molecular weight is 1050 g/mol. The van der Waals surface area contributed by atoms with Gasteiger partial charge < -0.3 is 20.9 Å². The second-order valence-corrected chi connectivity index (χ2v) is 32.2. The molecular formula is C54H70N10O6S2Si. The number of aromatic carboxylic acids is 1. The number of nitrogens with zero attached hydrogens (tertiary/aromatic N) is 7. The quantitative estimate of drug-likeness (QED) is 0.0593. The van der Waals surface area contributed by atoms with Crippen LogP contribution in [-0.2, 0) is 34.1 Å². The molecule has 6 atom stereocenters.